The first-order chi connectivity index (χ1) is 12.8. The van der Waals surface area contributed by atoms with E-state index in [0.29, 0.717) is 0 Å². The highest BCUT2D eigenvalue weighted by molar-refractivity contribution is 5.80. The van der Waals surface area contributed by atoms with Gasteiger partial charge >= 0.3 is 0 Å². The lowest BCUT2D eigenvalue weighted by molar-refractivity contribution is 0.0396. The van der Waals surface area contributed by atoms with Crippen LogP contribution in [0.25, 0.3) is 0 Å². The fourth-order valence-corrected chi connectivity index (χ4v) is 4.11. The molecule has 1 aliphatic heterocycles. The summed E-state index contributed by atoms with van der Waals surface area (Å²) in [6.07, 6.45) is 8.00. The predicted octanol–water partition coefficient (Wildman–Crippen LogP) is 3.80. The summed E-state index contributed by atoms with van der Waals surface area (Å²) < 4.78 is 11.8. The van der Waals surface area contributed by atoms with Gasteiger partial charge in [-0.05, 0) is 51.5 Å². The number of para-hydroxylation sites is 1. The number of ether oxygens (including phenoxy) is 2. The fourth-order valence-electron chi connectivity index (χ4n) is 4.11. The van der Waals surface area contributed by atoms with E-state index < -0.39 is 0 Å². The molecule has 1 spiro atoms. The molecular formula is C21H33N3O2. The lowest BCUT2D eigenvalue weighted by Crippen LogP contribution is -2.46. The molecule has 26 heavy (non-hydrogen) atoms. The van der Waals surface area contributed by atoms with Crippen molar-refractivity contribution in [1.29, 1.82) is 0 Å². The number of guanidine groups is 1. The molecule has 1 saturated carbocycles. The maximum absolute atomic E-state index is 6.45. The average molecular weight is 360 g/mol. The van der Waals surface area contributed by atoms with Gasteiger partial charge in [0.15, 0.2) is 5.96 Å². The fraction of sp³-hybridized carbons (Fsp3) is 0.667. The second-order valence-electron chi connectivity index (χ2n) is 7.33. The number of nitrogens with zero attached hydrogens (tertiary/aromatic N) is 1. The van der Waals surface area contributed by atoms with Gasteiger partial charge in [-0.3, -0.25) is 4.99 Å². The van der Waals surface area contributed by atoms with Crippen molar-refractivity contribution >= 4 is 5.96 Å². The number of aliphatic imine (C=N–C) groups is 1. The summed E-state index contributed by atoms with van der Waals surface area (Å²) >= 11 is 0. The zero-order valence-electron chi connectivity index (χ0n) is 16.2. The summed E-state index contributed by atoms with van der Waals surface area (Å²) in [5.74, 6) is 1.90. The van der Waals surface area contributed by atoms with Gasteiger partial charge in [0, 0.05) is 38.8 Å². The number of hydrogen-bond donors (Lipinski definition) is 2. The molecule has 2 aliphatic rings. The van der Waals surface area contributed by atoms with Gasteiger partial charge < -0.3 is 20.1 Å². The number of unbranched alkanes of at least 4 members (excludes halogenated alkanes) is 1. The van der Waals surface area contributed by atoms with Crippen LogP contribution < -0.4 is 15.4 Å². The molecule has 3 rings (SSSR count). The van der Waals surface area contributed by atoms with Crippen molar-refractivity contribution < 1.29 is 9.47 Å². The van der Waals surface area contributed by atoms with Crippen LogP contribution in [-0.2, 0) is 4.74 Å². The smallest absolute Gasteiger partial charge is 0.191 e. The molecule has 0 bridgehead atoms. The molecule has 0 aromatic heterocycles. The molecule has 1 fully saturated rings. The van der Waals surface area contributed by atoms with Crippen LogP contribution in [0.4, 0.5) is 0 Å². The van der Waals surface area contributed by atoms with Crippen molar-refractivity contribution in [2.45, 2.75) is 63.5 Å². The van der Waals surface area contributed by atoms with Crippen molar-refractivity contribution in [2.24, 2.45) is 4.99 Å². The maximum Gasteiger partial charge on any atom is 0.191 e. The molecule has 144 valence electrons. The number of rotatable bonds is 7. The summed E-state index contributed by atoms with van der Waals surface area (Å²) in [5.41, 5.74) is 1.24. The average Bonchev–Trinajstić information content (AvgIpc) is 3.10. The standard InChI is InChI=1S/C21H33N3O2/c1-3-25-15-9-8-14-23-20(22-2)24-18-16-21(12-6-7-13-21)26-19-11-5-4-10-17(18)19/h4-5,10-11,18H,3,6-9,12-16H2,1-2H3,(H2,22,23,24). The van der Waals surface area contributed by atoms with E-state index >= 15 is 0 Å². The summed E-state index contributed by atoms with van der Waals surface area (Å²) in [6.45, 7) is 4.57. The third-order valence-corrected chi connectivity index (χ3v) is 5.46. The molecule has 1 aliphatic carbocycles. The molecule has 2 N–H and O–H groups in total. The first-order valence-electron chi connectivity index (χ1n) is 10.1. The molecule has 5 nitrogen and oxygen atoms in total. The Labute approximate surface area is 157 Å². The monoisotopic (exact) mass is 359 g/mol. The topological polar surface area (TPSA) is 54.9 Å². The number of hydrogen-bond acceptors (Lipinski definition) is 3. The minimum absolute atomic E-state index is 0.00234. The lowest BCUT2D eigenvalue weighted by atomic mass is 9.86. The number of benzene rings is 1. The van der Waals surface area contributed by atoms with E-state index in [9.17, 15) is 0 Å². The molecule has 1 aromatic rings. The largest absolute Gasteiger partial charge is 0.487 e. The van der Waals surface area contributed by atoms with Crippen LogP contribution in [0, 0.1) is 0 Å². The van der Waals surface area contributed by atoms with Crippen LogP contribution in [0.5, 0.6) is 5.75 Å². The Hall–Kier alpha value is -1.75. The van der Waals surface area contributed by atoms with Crippen molar-refractivity contribution in [3.8, 4) is 5.75 Å². The molecule has 0 saturated heterocycles. The zero-order valence-corrected chi connectivity index (χ0v) is 16.2. The van der Waals surface area contributed by atoms with Gasteiger partial charge in [-0.25, -0.2) is 0 Å². The first kappa shape index (κ1) is 19.0. The van der Waals surface area contributed by atoms with Crippen LogP contribution in [-0.4, -0.2) is 38.4 Å². The van der Waals surface area contributed by atoms with Gasteiger partial charge in [0.25, 0.3) is 0 Å². The van der Waals surface area contributed by atoms with Gasteiger partial charge in [-0.2, -0.15) is 0 Å². The summed E-state index contributed by atoms with van der Waals surface area (Å²) in [4.78, 5) is 4.43. The highest BCUT2D eigenvalue weighted by Gasteiger charge is 2.43. The molecule has 1 atom stereocenters. The van der Waals surface area contributed by atoms with E-state index in [4.69, 9.17) is 9.47 Å². The predicted molar refractivity (Wildman–Crippen MR) is 106 cm³/mol. The first-order valence-corrected chi connectivity index (χ1v) is 10.1. The van der Waals surface area contributed by atoms with Crippen molar-refractivity contribution in [2.75, 3.05) is 26.8 Å². The van der Waals surface area contributed by atoms with Crippen molar-refractivity contribution in [3.63, 3.8) is 0 Å². The molecule has 1 aromatic carbocycles. The van der Waals surface area contributed by atoms with Crippen LogP contribution >= 0.6 is 0 Å². The third-order valence-electron chi connectivity index (χ3n) is 5.46. The molecule has 5 heteroatoms. The second-order valence-corrected chi connectivity index (χ2v) is 7.33. The zero-order chi connectivity index (χ0) is 18.2. The molecular weight excluding hydrogens is 326 g/mol. The third kappa shape index (κ3) is 4.70. The SMILES string of the molecule is CCOCCCCNC(=NC)NC1CC2(CCCC2)Oc2ccccc21. The summed E-state index contributed by atoms with van der Waals surface area (Å²) in [7, 11) is 1.84. The Morgan fingerprint density at radius 3 is 2.85 bits per heavy atom. The van der Waals surface area contributed by atoms with Gasteiger partial charge in [0.05, 0.1) is 6.04 Å². The van der Waals surface area contributed by atoms with Crippen molar-refractivity contribution in [1.82, 2.24) is 10.6 Å². The highest BCUT2D eigenvalue weighted by Crippen LogP contribution is 2.46. The van der Waals surface area contributed by atoms with Crippen molar-refractivity contribution in [3.05, 3.63) is 29.8 Å². The Balaban J connectivity index is 1.59. The normalized spacial score (nSPS) is 21.3. The van der Waals surface area contributed by atoms with E-state index in [2.05, 4.69) is 39.9 Å². The Bertz CT molecular complexity index is 597. The number of fused-ring (bicyclic) bond motifs is 1. The molecule has 0 radical (unpaired) electrons. The van der Waals surface area contributed by atoms with Gasteiger partial charge in [0.2, 0.25) is 0 Å². The second kappa shape index (κ2) is 9.26. The summed E-state index contributed by atoms with van der Waals surface area (Å²) in [5, 5.41) is 7.09. The van der Waals surface area contributed by atoms with E-state index in [0.717, 1.165) is 63.6 Å². The van der Waals surface area contributed by atoms with E-state index in [1.165, 1.54) is 18.4 Å². The maximum atomic E-state index is 6.45. The van der Waals surface area contributed by atoms with Crippen LogP contribution in [0.2, 0.25) is 0 Å². The van der Waals surface area contributed by atoms with Crippen LogP contribution in [0.1, 0.15) is 63.5 Å². The molecule has 1 unspecified atom stereocenters. The Kier molecular flexibility index (Phi) is 6.78. The van der Waals surface area contributed by atoms with E-state index in [1.54, 1.807) is 0 Å². The van der Waals surface area contributed by atoms with Gasteiger partial charge in [-0.15, -0.1) is 0 Å². The molecule has 1 heterocycles. The minimum atomic E-state index is 0.00234. The molecule has 0 amide bonds. The number of nitrogens with one attached hydrogen (secondary N) is 2. The Morgan fingerprint density at radius 2 is 2.08 bits per heavy atom. The van der Waals surface area contributed by atoms with E-state index in [1.807, 2.05) is 14.0 Å². The Morgan fingerprint density at radius 1 is 1.27 bits per heavy atom. The summed E-state index contributed by atoms with van der Waals surface area (Å²) in [6, 6.07) is 8.67. The lowest BCUT2D eigenvalue weighted by Gasteiger charge is -2.40. The highest BCUT2D eigenvalue weighted by atomic mass is 16.5. The van der Waals surface area contributed by atoms with E-state index in [-0.39, 0.29) is 11.6 Å². The van der Waals surface area contributed by atoms with Gasteiger partial charge in [-0.1, -0.05) is 18.2 Å². The van der Waals surface area contributed by atoms with Crippen LogP contribution in [0.3, 0.4) is 0 Å². The quantitative estimate of drug-likeness (QED) is 0.442. The van der Waals surface area contributed by atoms with Crippen LogP contribution in [0.15, 0.2) is 29.3 Å². The minimum Gasteiger partial charge on any atom is -0.487 e. The van der Waals surface area contributed by atoms with Gasteiger partial charge in [0.1, 0.15) is 11.4 Å².